The molecule has 0 radical (unpaired) electrons. The van der Waals surface area contributed by atoms with Crippen molar-refractivity contribution in [3.05, 3.63) is 36.0 Å². The summed E-state index contributed by atoms with van der Waals surface area (Å²) in [7, 11) is 0. The summed E-state index contributed by atoms with van der Waals surface area (Å²) in [6.07, 6.45) is 0.619. The molecule has 5 unspecified atom stereocenters. The Labute approximate surface area is 224 Å². The third kappa shape index (κ3) is 9.35. The van der Waals surface area contributed by atoms with Gasteiger partial charge in [0.2, 0.25) is 17.7 Å². The van der Waals surface area contributed by atoms with Gasteiger partial charge in [-0.3, -0.25) is 19.2 Å². The molecule has 1 aromatic heterocycles. The first-order valence-electron chi connectivity index (χ1n) is 12.5. The van der Waals surface area contributed by atoms with Crippen molar-refractivity contribution < 1.29 is 39.3 Å². The van der Waals surface area contributed by atoms with Gasteiger partial charge >= 0.3 is 11.9 Å². The quantitative estimate of drug-likeness (QED) is 0.110. The summed E-state index contributed by atoms with van der Waals surface area (Å²) < 4.78 is 0. The predicted octanol–water partition coefficient (Wildman–Crippen LogP) is -1.44. The fraction of sp³-hybridized carbons (Fsp3) is 0.480. The second-order valence-electron chi connectivity index (χ2n) is 9.24. The van der Waals surface area contributed by atoms with Gasteiger partial charge < -0.3 is 47.7 Å². The van der Waals surface area contributed by atoms with Crippen LogP contribution in [0.3, 0.4) is 0 Å². The molecule has 1 heterocycles. The molecule has 0 bridgehead atoms. The van der Waals surface area contributed by atoms with Crippen LogP contribution >= 0.6 is 0 Å². The zero-order chi connectivity index (χ0) is 29.1. The monoisotopic (exact) mass is 548 g/mol. The lowest BCUT2D eigenvalue weighted by Crippen LogP contribution is -2.60. The summed E-state index contributed by atoms with van der Waals surface area (Å²) in [5.41, 5.74) is 12.5. The van der Waals surface area contributed by atoms with E-state index in [1.165, 1.54) is 6.92 Å². The van der Waals surface area contributed by atoms with Crippen molar-refractivity contribution in [3.8, 4) is 0 Å². The Morgan fingerprint density at radius 3 is 2.23 bits per heavy atom. The molecule has 0 aliphatic carbocycles. The number of nitrogens with one attached hydrogen (secondary N) is 4. The third-order valence-corrected chi connectivity index (χ3v) is 6.09. The van der Waals surface area contributed by atoms with Gasteiger partial charge in [0.1, 0.15) is 18.1 Å². The molecular formula is C25H36N6O8. The predicted molar refractivity (Wildman–Crippen MR) is 140 cm³/mol. The maximum absolute atomic E-state index is 13.3. The minimum Gasteiger partial charge on any atom is -0.481 e. The van der Waals surface area contributed by atoms with Gasteiger partial charge in [-0.05, 0) is 44.4 Å². The number of carboxylic acids is 2. The number of benzene rings is 1. The number of aromatic amines is 1. The van der Waals surface area contributed by atoms with Gasteiger partial charge in [-0.2, -0.15) is 0 Å². The highest BCUT2D eigenvalue weighted by Crippen LogP contribution is 2.19. The Hall–Kier alpha value is -4.01. The lowest BCUT2D eigenvalue weighted by atomic mass is 10.0. The first kappa shape index (κ1) is 31.2. The van der Waals surface area contributed by atoms with E-state index >= 15 is 0 Å². The van der Waals surface area contributed by atoms with E-state index in [1.54, 1.807) is 12.3 Å². The molecule has 0 spiro atoms. The van der Waals surface area contributed by atoms with Crippen molar-refractivity contribution in [2.75, 3.05) is 6.54 Å². The molecule has 0 saturated carbocycles. The van der Waals surface area contributed by atoms with Gasteiger partial charge in [0, 0.05) is 23.5 Å². The van der Waals surface area contributed by atoms with E-state index in [0.717, 1.165) is 10.9 Å². The summed E-state index contributed by atoms with van der Waals surface area (Å²) >= 11 is 0. The summed E-state index contributed by atoms with van der Waals surface area (Å²) in [6, 6.07) is 1.67. The summed E-state index contributed by atoms with van der Waals surface area (Å²) in [5, 5.41) is 36.5. The molecule has 11 N–H and O–H groups in total. The number of nitrogens with two attached hydrogens (primary N) is 2. The van der Waals surface area contributed by atoms with Crippen LogP contribution in [0.25, 0.3) is 10.9 Å². The van der Waals surface area contributed by atoms with Crippen molar-refractivity contribution in [1.29, 1.82) is 0 Å². The number of amides is 3. The number of hydrogen-bond acceptors (Lipinski definition) is 8. The van der Waals surface area contributed by atoms with Gasteiger partial charge in [0.15, 0.2) is 0 Å². The fourth-order valence-electron chi connectivity index (χ4n) is 3.96. The number of para-hydroxylation sites is 1. The van der Waals surface area contributed by atoms with Crippen LogP contribution in [-0.2, 0) is 30.4 Å². The average molecular weight is 549 g/mol. The topological polar surface area (TPSA) is 250 Å². The minimum atomic E-state index is -1.57. The molecule has 3 amide bonds. The van der Waals surface area contributed by atoms with Crippen LogP contribution < -0.4 is 27.4 Å². The molecule has 0 saturated heterocycles. The number of aliphatic hydroxyl groups excluding tert-OH is 1. The van der Waals surface area contributed by atoms with E-state index in [-0.39, 0.29) is 12.8 Å². The normalized spacial score (nSPS) is 15.0. The second kappa shape index (κ2) is 14.8. The lowest BCUT2D eigenvalue weighted by molar-refractivity contribution is -0.142. The summed E-state index contributed by atoms with van der Waals surface area (Å²) in [6.45, 7) is 1.59. The Bertz CT molecular complexity index is 1170. The van der Waals surface area contributed by atoms with Crippen molar-refractivity contribution in [2.45, 2.75) is 69.3 Å². The van der Waals surface area contributed by atoms with Crippen LogP contribution in [0.15, 0.2) is 30.5 Å². The molecule has 0 aliphatic heterocycles. The number of carbonyl (C=O) groups is 5. The van der Waals surface area contributed by atoms with Gasteiger partial charge in [-0.1, -0.05) is 18.2 Å². The number of H-pyrrole nitrogens is 1. The number of carbonyl (C=O) groups excluding carboxylic acids is 3. The molecule has 14 heteroatoms. The van der Waals surface area contributed by atoms with Crippen LogP contribution in [0.5, 0.6) is 0 Å². The molecule has 14 nitrogen and oxygen atoms in total. The number of aliphatic carboxylic acids is 2. The Morgan fingerprint density at radius 1 is 0.949 bits per heavy atom. The molecule has 5 atom stereocenters. The first-order chi connectivity index (χ1) is 18.4. The maximum Gasteiger partial charge on any atom is 0.326 e. The molecule has 214 valence electrons. The smallest absolute Gasteiger partial charge is 0.326 e. The van der Waals surface area contributed by atoms with Crippen LogP contribution in [-0.4, -0.2) is 86.8 Å². The largest absolute Gasteiger partial charge is 0.481 e. The van der Waals surface area contributed by atoms with Crippen LogP contribution in [0, 0.1) is 0 Å². The SMILES string of the molecule is CC(O)C(NC(=O)C(N)CC(=O)O)C(=O)NC(Cc1c[nH]c2ccccc12)C(=O)NC(CCCCN)C(=O)O. The number of carboxylic acid groups (broad SMARTS) is 2. The van der Waals surface area contributed by atoms with Crippen molar-refractivity contribution in [1.82, 2.24) is 20.9 Å². The molecular weight excluding hydrogens is 512 g/mol. The second-order valence-corrected chi connectivity index (χ2v) is 9.24. The van der Waals surface area contributed by atoms with E-state index in [9.17, 15) is 34.2 Å². The van der Waals surface area contributed by atoms with Gasteiger partial charge in [0.25, 0.3) is 0 Å². The van der Waals surface area contributed by atoms with Crippen molar-refractivity contribution in [2.24, 2.45) is 11.5 Å². The zero-order valence-electron chi connectivity index (χ0n) is 21.6. The van der Waals surface area contributed by atoms with Crippen molar-refractivity contribution in [3.63, 3.8) is 0 Å². The van der Waals surface area contributed by atoms with Gasteiger partial charge in [-0.25, -0.2) is 4.79 Å². The number of rotatable bonds is 16. The standard InChI is InChI=1S/C25H36N6O8/c1-13(32)21(31-22(35)16(27)11-20(33)34)24(37)30-19(10-14-12-28-17-7-3-2-6-15(14)17)23(36)29-18(25(38)39)8-4-5-9-26/h2-3,6-7,12-13,16,18-19,21,28,32H,4-5,8-11,26-27H2,1H3,(H,29,36)(H,30,37)(H,31,35)(H,33,34)(H,38,39). The Kier molecular flexibility index (Phi) is 11.8. The Balaban J connectivity index is 2.29. The summed E-state index contributed by atoms with van der Waals surface area (Å²) in [5.74, 6) is -5.30. The molecule has 2 rings (SSSR count). The van der Waals surface area contributed by atoms with Crippen LogP contribution in [0.4, 0.5) is 0 Å². The van der Waals surface area contributed by atoms with Crippen molar-refractivity contribution >= 4 is 40.6 Å². The molecule has 39 heavy (non-hydrogen) atoms. The zero-order valence-corrected chi connectivity index (χ0v) is 21.6. The number of aromatic nitrogens is 1. The highest BCUT2D eigenvalue weighted by atomic mass is 16.4. The first-order valence-corrected chi connectivity index (χ1v) is 12.5. The maximum atomic E-state index is 13.3. The fourth-order valence-corrected chi connectivity index (χ4v) is 3.96. The lowest BCUT2D eigenvalue weighted by Gasteiger charge is -2.26. The number of unbranched alkanes of at least 4 members (excludes halogenated alkanes) is 1. The molecule has 0 aliphatic rings. The van der Waals surface area contributed by atoms with E-state index in [4.69, 9.17) is 16.6 Å². The van der Waals surface area contributed by atoms with Gasteiger partial charge in [0.05, 0.1) is 18.6 Å². The number of aliphatic hydroxyl groups is 1. The van der Waals surface area contributed by atoms with Gasteiger partial charge in [-0.15, -0.1) is 0 Å². The third-order valence-electron chi connectivity index (χ3n) is 6.09. The van der Waals surface area contributed by atoms with Crippen LogP contribution in [0.1, 0.15) is 38.2 Å². The van der Waals surface area contributed by atoms with E-state index in [0.29, 0.717) is 24.9 Å². The molecule has 1 aromatic carbocycles. The van der Waals surface area contributed by atoms with E-state index < -0.39 is 66.4 Å². The molecule has 0 fully saturated rings. The van der Waals surface area contributed by atoms with E-state index in [1.807, 2.05) is 18.2 Å². The highest BCUT2D eigenvalue weighted by molar-refractivity contribution is 5.95. The Morgan fingerprint density at radius 2 is 1.62 bits per heavy atom. The molecule has 2 aromatic rings. The van der Waals surface area contributed by atoms with Crippen LogP contribution in [0.2, 0.25) is 0 Å². The summed E-state index contributed by atoms with van der Waals surface area (Å²) in [4.78, 5) is 64.4. The number of fused-ring (bicyclic) bond motifs is 1. The number of hydrogen-bond donors (Lipinski definition) is 9. The highest BCUT2D eigenvalue weighted by Gasteiger charge is 2.33. The van der Waals surface area contributed by atoms with E-state index in [2.05, 4.69) is 20.9 Å². The average Bonchev–Trinajstić information content (AvgIpc) is 3.28. The minimum absolute atomic E-state index is 0.0459.